The van der Waals surface area contributed by atoms with Crippen molar-refractivity contribution in [3.05, 3.63) is 18.1 Å². The van der Waals surface area contributed by atoms with Crippen molar-refractivity contribution in [1.82, 2.24) is 20.2 Å². The van der Waals surface area contributed by atoms with E-state index in [9.17, 15) is 4.79 Å². The normalized spacial score (nSPS) is 20.0. The predicted octanol–water partition coefficient (Wildman–Crippen LogP) is -1.18. The van der Waals surface area contributed by atoms with Crippen LogP contribution in [0.3, 0.4) is 0 Å². The Morgan fingerprint density at radius 3 is 3.21 bits per heavy atom. The lowest BCUT2D eigenvalue weighted by molar-refractivity contribution is -0.0175. The molecule has 0 spiro atoms. The summed E-state index contributed by atoms with van der Waals surface area (Å²) in [5.74, 6) is 5.27. The third-order valence-electron chi connectivity index (χ3n) is 2.85. The monoisotopic (exact) mass is 266 g/mol. The Labute approximate surface area is 111 Å². The maximum absolute atomic E-state index is 11.9. The van der Waals surface area contributed by atoms with Crippen LogP contribution < -0.4 is 16.6 Å². The van der Waals surface area contributed by atoms with Crippen molar-refractivity contribution >= 4 is 11.7 Å². The Morgan fingerprint density at radius 1 is 1.63 bits per heavy atom. The van der Waals surface area contributed by atoms with E-state index in [1.54, 1.807) is 0 Å². The molecule has 1 unspecified atom stereocenters. The maximum atomic E-state index is 11.9. The van der Waals surface area contributed by atoms with Crippen LogP contribution in [0, 0.1) is 0 Å². The van der Waals surface area contributed by atoms with Crippen LogP contribution in [0.1, 0.15) is 10.5 Å². The summed E-state index contributed by atoms with van der Waals surface area (Å²) < 4.78 is 5.55. The minimum absolute atomic E-state index is 0.00600. The molecule has 0 bridgehead atoms. The predicted molar refractivity (Wildman–Crippen MR) is 69.4 cm³/mol. The number of amides is 1. The number of anilines is 1. The zero-order valence-electron chi connectivity index (χ0n) is 10.8. The van der Waals surface area contributed by atoms with Gasteiger partial charge in [0.2, 0.25) is 0 Å². The van der Waals surface area contributed by atoms with E-state index in [0.29, 0.717) is 19.0 Å². The van der Waals surface area contributed by atoms with Crippen molar-refractivity contribution in [2.75, 3.05) is 38.7 Å². The number of nitrogens with two attached hydrogens (primary N) is 1. The summed E-state index contributed by atoms with van der Waals surface area (Å²) in [6, 6.07) is 0. The van der Waals surface area contributed by atoms with Gasteiger partial charge in [0, 0.05) is 19.6 Å². The number of hydrogen-bond donors (Lipinski definition) is 3. The molecule has 2 rings (SSSR count). The second-order valence-electron chi connectivity index (χ2n) is 4.40. The highest BCUT2D eigenvalue weighted by Crippen LogP contribution is 2.03. The number of likely N-dealkylation sites (N-methyl/N-ethyl adjacent to an activating group) is 1. The quantitative estimate of drug-likeness (QED) is 0.465. The fraction of sp³-hybridized carbons (Fsp3) is 0.545. The van der Waals surface area contributed by atoms with Crippen LogP contribution in [-0.4, -0.2) is 60.2 Å². The van der Waals surface area contributed by atoms with E-state index in [4.69, 9.17) is 10.6 Å². The summed E-state index contributed by atoms with van der Waals surface area (Å²) in [4.78, 5) is 21.9. The van der Waals surface area contributed by atoms with Gasteiger partial charge in [0.1, 0.15) is 5.69 Å². The van der Waals surface area contributed by atoms with Crippen molar-refractivity contribution < 1.29 is 9.53 Å². The number of carbonyl (C=O) groups is 1. The van der Waals surface area contributed by atoms with E-state index in [2.05, 4.69) is 25.6 Å². The van der Waals surface area contributed by atoms with Crippen LogP contribution >= 0.6 is 0 Å². The van der Waals surface area contributed by atoms with Gasteiger partial charge in [-0.1, -0.05) is 0 Å². The summed E-state index contributed by atoms with van der Waals surface area (Å²) in [7, 11) is 2.03. The SMILES string of the molecule is CN1CCOC(CNC(=O)c2cncc(NN)n2)C1. The number of nitrogens with zero attached hydrogens (tertiary/aromatic N) is 3. The molecule has 0 aliphatic carbocycles. The first-order valence-corrected chi connectivity index (χ1v) is 6.06. The first kappa shape index (κ1) is 13.7. The minimum Gasteiger partial charge on any atom is -0.374 e. The Kier molecular flexibility index (Phi) is 4.61. The molecule has 4 N–H and O–H groups in total. The zero-order valence-corrected chi connectivity index (χ0v) is 10.8. The molecule has 1 fully saturated rings. The molecule has 1 aliphatic rings. The summed E-state index contributed by atoms with van der Waals surface area (Å²) in [5, 5.41) is 2.78. The fourth-order valence-corrected chi connectivity index (χ4v) is 1.83. The van der Waals surface area contributed by atoms with Crippen LogP contribution in [0.4, 0.5) is 5.82 Å². The third kappa shape index (κ3) is 3.85. The van der Waals surface area contributed by atoms with E-state index < -0.39 is 0 Å². The van der Waals surface area contributed by atoms with E-state index in [1.807, 2.05) is 7.05 Å². The summed E-state index contributed by atoms with van der Waals surface area (Å²) in [5.41, 5.74) is 2.57. The van der Waals surface area contributed by atoms with Gasteiger partial charge in [0.05, 0.1) is 25.1 Å². The lowest BCUT2D eigenvalue weighted by Crippen LogP contribution is -2.46. The fourth-order valence-electron chi connectivity index (χ4n) is 1.83. The topological polar surface area (TPSA) is 105 Å². The Balaban J connectivity index is 1.86. The standard InChI is InChI=1S/C11H18N6O2/c1-17-2-3-19-8(7-17)4-14-11(18)9-5-13-6-10(15-9)16-12/h5-6,8H,2-4,7,12H2,1H3,(H,14,18)(H,15,16). The molecule has 0 aromatic carbocycles. The van der Waals surface area contributed by atoms with Gasteiger partial charge in [-0.2, -0.15) is 0 Å². The van der Waals surface area contributed by atoms with Crippen LogP contribution in [0.15, 0.2) is 12.4 Å². The van der Waals surface area contributed by atoms with E-state index >= 15 is 0 Å². The lowest BCUT2D eigenvalue weighted by atomic mass is 10.2. The number of nitrogens with one attached hydrogen (secondary N) is 2. The summed E-state index contributed by atoms with van der Waals surface area (Å²) in [6.45, 7) is 2.85. The minimum atomic E-state index is -0.290. The Bertz CT molecular complexity index is 441. The number of carbonyl (C=O) groups excluding carboxylic acids is 1. The highest BCUT2D eigenvalue weighted by Gasteiger charge is 2.19. The summed E-state index contributed by atoms with van der Waals surface area (Å²) >= 11 is 0. The Morgan fingerprint density at radius 2 is 2.47 bits per heavy atom. The van der Waals surface area contributed by atoms with Gasteiger partial charge in [0.25, 0.3) is 5.91 Å². The molecule has 1 amide bonds. The number of aromatic nitrogens is 2. The van der Waals surface area contributed by atoms with Gasteiger partial charge in [-0.05, 0) is 7.05 Å². The lowest BCUT2D eigenvalue weighted by Gasteiger charge is -2.30. The number of hydrazine groups is 1. The van der Waals surface area contributed by atoms with Crippen LogP contribution in [0.25, 0.3) is 0 Å². The summed E-state index contributed by atoms with van der Waals surface area (Å²) in [6.07, 6.45) is 2.84. The smallest absolute Gasteiger partial charge is 0.271 e. The van der Waals surface area contributed by atoms with E-state index in [1.165, 1.54) is 12.4 Å². The van der Waals surface area contributed by atoms with Gasteiger partial charge < -0.3 is 20.4 Å². The molecule has 19 heavy (non-hydrogen) atoms. The average molecular weight is 266 g/mol. The molecule has 2 heterocycles. The van der Waals surface area contributed by atoms with Crippen LogP contribution in [-0.2, 0) is 4.74 Å². The number of nitrogen functional groups attached to an aromatic ring is 1. The molecule has 0 radical (unpaired) electrons. The molecular weight excluding hydrogens is 248 g/mol. The van der Waals surface area contributed by atoms with Gasteiger partial charge in [-0.15, -0.1) is 0 Å². The highest BCUT2D eigenvalue weighted by atomic mass is 16.5. The van der Waals surface area contributed by atoms with Crippen molar-refractivity contribution in [2.45, 2.75) is 6.10 Å². The van der Waals surface area contributed by atoms with Crippen molar-refractivity contribution in [2.24, 2.45) is 5.84 Å². The molecule has 8 heteroatoms. The van der Waals surface area contributed by atoms with E-state index in [0.717, 1.165) is 13.1 Å². The molecule has 1 saturated heterocycles. The second-order valence-corrected chi connectivity index (χ2v) is 4.40. The van der Waals surface area contributed by atoms with Crippen molar-refractivity contribution in [3.63, 3.8) is 0 Å². The molecule has 1 aromatic heterocycles. The van der Waals surface area contributed by atoms with Gasteiger partial charge >= 0.3 is 0 Å². The largest absolute Gasteiger partial charge is 0.374 e. The molecule has 1 aromatic rings. The molecule has 1 atom stereocenters. The van der Waals surface area contributed by atoms with Gasteiger partial charge in [-0.25, -0.2) is 10.8 Å². The second kappa shape index (κ2) is 6.41. The van der Waals surface area contributed by atoms with Gasteiger partial charge in [-0.3, -0.25) is 9.78 Å². The number of rotatable bonds is 4. The molecule has 0 saturated carbocycles. The van der Waals surface area contributed by atoms with Crippen molar-refractivity contribution in [3.8, 4) is 0 Å². The first-order valence-electron chi connectivity index (χ1n) is 6.06. The molecular formula is C11H18N6O2. The zero-order chi connectivity index (χ0) is 13.7. The number of hydrogen-bond acceptors (Lipinski definition) is 7. The maximum Gasteiger partial charge on any atom is 0.271 e. The van der Waals surface area contributed by atoms with Gasteiger partial charge in [0.15, 0.2) is 5.82 Å². The highest BCUT2D eigenvalue weighted by molar-refractivity contribution is 5.92. The average Bonchev–Trinajstić information content (AvgIpc) is 2.45. The van der Waals surface area contributed by atoms with Crippen molar-refractivity contribution in [1.29, 1.82) is 0 Å². The molecule has 104 valence electrons. The van der Waals surface area contributed by atoms with E-state index in [-0.39, 0.29) is 17.7 Å². The Hall–Kier alpha value is -1.77. The van der Waals surface area contributed by atoms with Crippen LogP contribution in [0.5, 0.6) is 0 Å². The number of morpholine rings is 1. The molecule has 8 nitrogen and oxygen atoms in total. The first-order chi connectivity index (χ1) is 9.19. The molecule has 1 aliphatic heterocycles. The third-order valence-corrected chi connectivity index (χ3v) is 2.85. The van der Waals surface area contributed by atoms with Crippen LogP contribution in [0.2, 0.25) is 0 Å². The number of ether oxygens (including phenoxy) is 1.